The molecule has 0 heterocycles. The first-order chi connectivity index (χ1) is 11.8. The van der Waals surface area contributed by atoms with Gasteiger partial charge in [-0.3, -0.25) is 0 Å². The number of hydrogen-bond acceptors (Lipinski definition) is 2. The van der Waals surface area contributed by atoms with Crippen LogP contribution in [0.1, 0.15) is 70.3 Å². The maximum atomic E-state index is 11.6. The third-order valence-corrected chi connectivity index (χ3v) is 4.20. The van der Waals surface area contributed by atoms with Crippen molar-refractivity contribution in [1.82, 2.24) is 5.32 Å². The fraction of sp³-hybridized carbons (Fsp3) is 0.650. The highest BCUT2D eigenvalue weighted by molar-refractivity contribution is 5.89. The predicted octanol–water partition coefficient (Wildman–Crippen LogP) is 4.84. The maximum Gasteiger partial charge on any atom is 0.319 e. The van der Waals surface area contributed by atoms with Gasteiger partial charge in [0.05, 0.1) is 0 Å². The van der Waals surface area contributed by atoms with Crippen molar-refractivity contribution in [2.24, 2.45) is 5.73 Å². The first-order valence-electron chi connectivity index (χ1n) is 9.60. The van der Waals surface area contributed by atoms with E-state index in [4.69, 9.17) is 5.73 Å². The second-order valence-electron chi connectivity index (χ2n) is 6.44. The molecule has 1 aromatic rings. The van der Waals surface area contributed by atoms with Crippen LogP contribution in [0.4, 0.5) is 10.5 Å². The van der Waals surface area contributed by atoms with Crippen molar-refractivity contribution in [2.45, 2.75) is 71.1 Å². The van der Waals surface area contributed by atoms with Crippen molar-refractivity contribution in [3.63, 3.8) is 0 Å². The predicted molar refractivity (Wildman–Crippen MR) is 103 cm³/mol. The van der Waals surface area contributed by atoms with E-state index in [-0.39, 0.29) is 6.03 Å². The van der Waals surface area contributed by atoms with Crippen LogP contribution in [0.2, 0.25) is 0 Å². The average Bonchev–Trinajstić information content (AvgIpc) is 2.59. The van der Waals surface area contributed by atoms with E-state index in [9.17, 15) is 4.79 Å². The number of anilines is 1. The Kier molecular flexibility index (Phi) is 11.8. The lowest BCUT2D eigenvalue weighted by molar-refractivity contribution is 0.252. The summed E-state index contributed by atoms with van der Waals surface area (Å²) in [5.41, 5.74) is 7.57. The van der Waals surface area contributed by atoms with Gasteiger partial charge in [-0.15, -0.1) is 0 Å². The number of amides is 2. The van der Waals surface area contributed by atoms with Gasteiger partial charge < -0.3 is 16.4 Å². The lowest BCUT2D eigenvalue weighted by Gasteiger charge is -2.08. The van der Waals surface area contributed by atoms with E-state index in [0.29, 0.717) is 13.1 Å². The minimum Gasteiger partial charge on any atom is -0.338 e. The number of unbranched alkanes of at least 4 members (excludes halogenated alkanes) is 7. The van der Waals surface area contributed by atoms with Crippen molar-refractivity contribution in [1.29, 1.82) is 0 Å². The molecule has 0 aliphatic rings. The van der Waals surface area contributed by atoms with Crippen LogP contribution in [0.5, 0.6) is 0 Å². The van der Waals surface area contributed by atoms with Gasteiger partial charge in [-0.2, -0.15) is 0 Å². The monoisotopic (exact) mass is 333 g/mol. The van der Waals surface area contributed by atoms with Crippen molar-refractivity contribution in [3.05, 3.63) is 29.8 Å². The van der Waals surface area contributed by atoms with Crippen LogP contribution in [0.3, 0.4) is 0 Å². The normalized spacial score (nSPS) is 10.6. The van der Waals surface area contributed by atoms with Crippen LogP contribution in [0.25, 0.3) is 0 Å². The average molecular weight is 334 g/mol. The number of aryl methyl sites for hydroxylation is 1. The molecule has 4 nitrogen and oxygen atoms in total. The second-order valence-corrected chi connectivity index (χ2v) is 6.44. The van der Waals surface area contributed by atoms with E-state index in [1.165, 1.54) is 56.9 Å². The van der Waals surface area contributed by atoms with Crippen molar-refractivity contribution in [3.8, 4) is 0 Å². The number of hydrogen-bond donors (Lipinski definition) is 3. The zero-order chi connectivity index (χ0) is 17.5. The molecule has 0 bridgehead atoms. The second kappa shape index (κ2) is 13.8. The van der Waals surface area contributed by atoms with Gasteiger partial charge in [-0.05, 0) is 43.5 Å². The number of nitrogens with one attached hydrogen (secondary N) is 2. The van der Waals surface area contributed by atoms with Gasteiger partial charge in [0.1, 0.15) is 0 Å². The Morgan fingerprint density at radius 2 is 1.54 bits per heavy atom. The van der Waals surface area contributed by atoms with Gasteiger partial charge in [-0.1, -0.05) is 64.0 Å². The Morgan fingerprint density at radius 3 is 2.17 bits per heavy atom. The molecule has 2 amide bonds. The number of rotatable bonds is 13. The Balaban J connectivity index is 2.12. The number of carbonyl (C=O) groups is 1. The summed E-state index contributed by atoms with van der Waals surface area (Å²) in [6, 6.07) is 8.00. The SMILES string of the molecule is CCCCCCCCCCc1ccc(NC(=O)NCCCN)cc1. The molecule has 0 radical (unpaired) electrons. The summed E-state index contributed by atoms with van der Waals surface area (Å²) in [7, 11) is 0. The molecule has 0 saturated heterocycles. The minimum atomic E-state index is -0.167. The Morgan fingerprint density at radius 1 is 0.917 bits per heavy atom. The molecule has 0 saturated carbocycles. The van der Waals surface area contributed by atoms with E-state index in [0.717, 1.165) is 18.5 Å². The van der Waals surface area contributed by atoms with Gasteiger partial charge in [0.15, 0.2) is 0 Å². The Hall–Kier alpha value is -1.55. The lowest BCUT2D eigenvalue weighted by atomic mass is 10.0. The molecule has 24 heavy (non-hydrogen) atoms. The molecule has 4 heteroatoms. The molecule has 0 atom stereocenters. The molecule has 0 spiro atoms. The summed E-state index contributed by atoms with van der Waals surface area (Å²) in [6.07, 6.45) is 12.7. The van der Waals surface area contributed by atoms with Crippen LogP contribution in [-0.2, 0) is 6.42 Å². The summed E-state index contributed by atoms with van der Waals surface area (Å²) >= 11 is 0. The number of nitrogens with two attached hydrogens (primary N) is 1. The molecular weight excluding hydrogens is 298 g/mol. The smallest absolute Gasteiger partial charge is 0.319 e. The zero-order valence-corrected chi connectivity index (χ0v) is 15.3. The molecule has 0 aliphatic heterocycles. The van der Waals surface area contributed by atoms with E-state index < -0.39 is 0 Å². The molecule has 1 rings (SSSR count). The van der Waals surface area contributed by atoms with E-state index >= 15 is 0 Å². The summed E-state index contributed by atoms with van der Waals surface area (Å²) < 4.78 is 0. The van der Waals surface area contributed by atoms with Crippen LogP contribution in [0.15, 0.2) is 24.3 Å². The standard InChI is InChI=1S/C20H35N3O/c1-2-3-4-5-6-7-8-9-11-18-12-14-19(15-13-18)23-20(24)22-17-10-16-21/h12-15H,2-11,16-17,21H2,1H3,(H2,22,23,24). The molecule has 0 unspecified atom stereocenters. The first kappa shape index (κ1) is 20.5. The third kappa shape index (κ3) is 10.3. The van der Waals surface area contributed by atoms with Crippen LogP contribution >= 0.6 is 0 Å². The lowest BCUT2D eigenvalue weighted by Crippen LogP contribution is -2.30. The summed E-state index contributed by atoms with van der Waals surface area (Å²) in [5, 5.41) is 5.62. The van der Waals surface area contributed by atoms with Crippen LogP contribution in [0, 0.1) is 0 Å². The quantitative estimate of drug-likeness (QED) is 0.452. The van der Waals surface area contributed by atoms with Crippen molar-refractivity contribution >= 4 is 11.7 Å². The van der Waals surface area contributed by atoms with Gasteiger partial charge in [0, 0.05) is 12.2 Å². The highest BCUT2D eigenvalue weighted by atomic mass is 16.2. The molecule has 136 valence electrons. The first-order valence-corrected chi connectivity index (χ1v) is 9.60. The number of urea groups is 1. The largest absolute Gasteiger partial charge is 0.338 e. The number of carbonyl (C=O) groups excluding carboxylic acids is 1. The maximum absolute atomic E-state index is 11.6. The van der Waals surface area contributed by atoms with Gasteiger partial charge in [0.25, 0.3) is 0 Å². The third-order valence-electron chi connectivity index (χ3n) is 4.20. The molecule has 1 aromatic carbocycles. The minimum absolute atomic E-state index is 0.167. The van der Waals surface area contributed by atoms with Crippen LogP contribution in [-0.4, -0.2) is 19.1 Å². The molecular formula is C20H35N3O. The molecule has 0 fully saturated rings. The van der Waals surface area contributed by atoms with E-state index in [1.54, 1.807) is 0 Å². The zero-order valence-electron chi connectivity index (χ0n) is 15.3. The fourth-order valence-corrected chi connectivity index (χ4v) is 2.70. The summed E-state index contributed by atoms with van der Waals surface area (Å²) in [6.45, 7) is 3.46. The topological polar surface area (TPSA) is 67.2 Å². The highest BCUT2D eigenvalue weighted by Gasteiger charge is 2.01. The molecule has 0 aromatic heterocycles. The summed E-state index contributed by atoms with van der Waals surface area (Å²) in [4.78, 5) is 11.6. The number of benzene rings is 1. The Bertz CT molecular complexity index is 431. The van der Waals surface area contributed by atoms with Gasteiger partial charge in [0.2, 0.25) is 0 Å². The van der Waals surface area contributed by atoms with Gasteiger partial charge in [-0.25, -0.2) is 4.79 Å². The van der Waals surface area contributed by atoms with E-state index in [2.05, 4.69) is 29.7 Å². The highest BCUT2D eigenvalue weighted by Crippen LogP contribution is 2.14. The molecule has 4 N–H and O–H groups in total. The van der Waals surface area contributed by atoms with Gasteiger partial charge >= 0.3 is 6.03 Å². The van der Waals surface area contributed by atoms with Crippen molar-refractivity contribution in [2.75, 3.05) is 18.4 Å². The van der Waals surface area contributed by atoms with E-state index in [1.807, 2.05) is 12.1 Å². The fourth-order valence-electron chi connectivity index (χ4n) is 2.70. The van der Waals surface area contributed by atoms with Crippen molar-refractivity contribution < 1.29 is 4.79 Å². The Labute approximate surface area is 147 Å². The van der Waals surface area contributed by atoms with Crippen LogP contribution < -0.4 is 16.4 Å². The summed E-state index contributed by atoms with van der Waals surface area (Å²) in [5.74, 6) is 0. The molecule has 0 aliphatic carbocycles.